The largest absolute Gasteiger partial charge is 0.311 e. The highest BCUT2D eigenvalue weighted by Crippen LogP contribution is 2.09. The van der Waals surface area contributed by atoms with E-state index in [0.29, 0.717) is 0 Å². The lowest BCUT2D eigenvalue weighted by Gasteiger charge is -2.05. The molecule has 0 saturated heterocycles. The van der Waals surface area contributed by atoms with Gasteiger partial charge in [-0.25, -0.2) is 9.67 Å². The molecule has 90 valence electrons. The first-order chi connectivity index (χ1) is 8.20. The van der Waals surface area contributed by atoms with Gasteiger partial charge in [-0.2, -0.15) is 5.10 Å². The molecule has 0 spiro atoms. The summed E-state index contributed by atoms with van der Waals surface area (Å²) >= 11 is 0. The van der Waals surface area contributed by atoms with Crippen molar-refractivity contribution in [2.75, 3.05) is 6.54 Å². The average molecular weight is 231 g/mol. The number of hydrogen-bond acceptors (Lipinski definition) is 4. The fraction of sp³-hybridized carbons (Fsp3) is 0.417. The predicted octanol–water partition coefficient (Wildman–Crippen LogP) is 1.39. The van der Waals surface area contributed by atoms with Gasteiger partial charge in [-0.1, -0.05) is 6.92 Å². The Morgan fingerprint density at radius 2 is 2.18 bits per heavy atom. The minimum Gasteiger partial charge on any atom is -0.311 e. The molecule has 0 aliphatic carbocycles. The summed E-state index contributed by atoms with van der Waals surface area (Å²) in [6.07, 6.45) is 1.80. The summed E-state index contributed by atoms with van der Waals surface area (Å²) in [5.74, 6) is 1.68. The van der Waals surface area contributed by atoms with Gasteiger partial charge in [-0.3, -0.25) is 4.98 Å². The minimum atomic E-state index is 0.775. The van der Waals surface area contributed by atoms with Gasteiger partial charge in [-0.05, 0) is 32.5 Å². The van der Waals surface area contributed by atoms with E-state index in [1.165, 1.54) is 0 Å². The number of nitrogens with zero attached hydrogens (tertiary/aromatic N) is 4. The zero-order valence-corrected chi connectivity index (χ0v) is 10.4. The first kappa shape index (κ1) is 11.7. The Kier molecular flexibility index (Phi) is 3.49. The Bertz CT molecular complexity index is 503. The van der Waals surface area contributed by atoms with Crippen molar-refractivity contribution in [2.45, 2.75) is 27.3 Å². The molecule has 0 fully saturated rings. The number of hydrogen-bond donors (Lipinski definition) is 1. The van der Waals surface area contributed by atoms with E-state index in [9.17, 15) is 0 Å². The van der Waals surface area contributed by atoms with E-state index in [1.807, 2.05) is 30.7 Å². The normalized spacial score (nSPS) is 10.8. The van der Waals surface area contributed by atoms with Crippen LogP contribution in [0.2, 0.25) is 0 Å². The highest BCUT2D eigenvalue weighted by molar-refractivity contribution is 5.32. The van der Waals surface area contributed by atoms with Crippen LogP contribution in [0.1, 0.15) is 24.3 Å². The van der Waals surface area contributed by atoms with Crippen LogP contribution in [0.15, 0.2) is 18.3 Å². The maximum atomic E-state index is 4.36. The Morgan fingerprint density at radius 3 is 2.82 bits per heavy atom. The summed E-state index contributed by atoms with van der Waals surface area (Å²) in [5, 5.41) is 7.61. The molecule has 1 N–H and O–H groups in total. The lowest BCUT2D eigenvalue weighted by atomic mass is 10.3. The Hall–Kier alpha value is -1.75. The van der Waals surface area contributed by atoms with E-state index >= 15 is 0 Å². The van der Waals surface area contributed by atoms with Crippen molar-refractivity contribution >= 4 is 0 Å². The van der Waals surface area contributed by atoms with Crippen LogP contribution in [0.3, 0.4) is 0 Å². The third kappa shape index (κ3) is 2.68. The van der Waals surface area contributed by atoms with Crippen molar-refractivity contribution < 1.29 is 0 Å². The van der Waals surface area contributed by atoms with Crippen molar-refractivity contribution in [2.24, 2.45) is 0 Å². The first-order valence-electron chi connectivity index (χ1n) is 5.77. The third-order valence-corrected chi connectivity index (χ3v) is 2.48. The molecular weight excluding hydrogens is 214 g/mol. The van der Waals surface area contributed by atoms with Gasteiger partial charge < -0.3 is 5.32 Å². The molecule has 0 amide bonds. The molecule has 0 saturated carbocycles. The van der Waals surface area contributed by atoms with Crippen LogP contribution in [-0.2, 0) is 6.54 Å². The minimum absolute atomic E-state index is 0.775. The monoisotopic (exact) mass is 231 g/mol. The summed E-state index contributed by atoms with van der Waals surface area (Å²) in [7, 11) is 0. The summed E-state index contributed by atoms with van der Waals surface area (Å²) in [6, 6.07) is 3.97. The standard InChI is InChI=1S/C12H17N5/c1-4-13-8-11-7-12(5-6-14-11)17-10(3)15-9(2)16-17/h5-7,13H,4,8H2,1-3H3. The first-order valence-corrected chi connectivity index (χ1v) is 5.77. The fourth-order valence-electron chi connectivity index (χ4n) is 1.71. The number of nitrogens with one attached hydrogen (secondary N) is 1. The third-order valence-electron chi connectivity index (χ3n) is 2.48. The second-order valence-corrected chi connectivity index (χ2v) is 3.90. The molecular formula is C12H17N5. The van der Waals surface area contributed by atoms with Crippen LogP contribution in [0.25, 0.3) is 5.69 Å². The quantitative estimate of drug-likeness (QED) is 0.864. The van der Waals surface area contributed by atoms with Gasteiger partial charge in [0.05, 0.1) is 11.4 Å². The molecule has 0 aromatic carbocycles. The van der Waals surface area contributed by atoms with E-state index in [-0.39, 0.29) is 0 Å². The molecule has 2 rings (SSSR count). The van der Waals surface area contributed by atoms with Gasteiger partial charge in [0.15, 0.2) is 0 Å². The van der Waals surface area contributed by atoms with Gasteiger partial charge in [0.2, 0.25) is 0 Å². The van der Waals surface area contributed by atoms with Crippen LogP contribution in [0.4, 0.5) is 0 Å². The molecule has 0 unspecified atom stereocenters. The van der Waals surface area contributed by atoms with Gasteiger partial charge in [0.25, 0.3) is 0 Å². The second-order valence-electron chi connectivity index (χ2n) is 3.90. The molecule has 2 aromatic rings. The van der Waals surface area contributed by atoms with Crippen LogP contribution in [-0.4, -0.2) is 26.3 Å². The fourth-order valence-corrected chi connectivity index (χ4v) is 1.71. The Balaban J connectivity index is 2.29. The smallest absolute Gasteiger partial charge is 0.148 e. The number of aromatic nitrogens is 4. The summed E-state index contributed by atoms with van der Waals surface area (Å²) in [6.45, 7) is 7.63. The van der Waals surface area contributed by atoms with Crippen LogP contribution < -0.4 is 5.32 Å². The van der Waals surface area contributed by atoms with E-state index in [4.69, 9.17) is 0 Å². The maximum Gasteiger partial charge on any atom is 0.148 e. The molecule has 0 atom stereocenters. The molecule has 5 nitrogen and oxygen atoms in total. The van der Waals surface area contributed by atoms with Crippen molar-refractivity contribution in [3.63, 3.8) is 0 Å². The molecule has 2 heterocycles. The lowest BCUT2D eigenvalue weighted by Crippen LogP contribution is -2.13. The topological polar surface area (TPSA) is 55.6 Å². The maximum absolute atomic E-state index is 4.36. The highest BCUT2D eigenvalue weighted by atomic mass is 15.3. The lowest BCUT2D eigenvalue weighted by molar-refractivity contribution is 0.708. The van der Waals surface area contributed by atoms with Crippen molar-refractivity contribution in [1.82, 2.24) is 25.1 Å². The Labute approximate surface area is 101 Å². The van der Waals surface area contributed by atoms with Crippen LogP contribution in [0, 0.1) is 13.8 Å². The summed E-state index contributed by atoms with van der Waals surface area (Å²) in [4.78, 5) is 8.61. The molecule has 5 heteroatoms. The van der Waals surface area contributed by atoms with Gasteiger partial charge in [-0.15, -0.1) is 0 Å². The number of pyridine rings is 1. The summed E-state index contributed by atoms with van der Waals surface area (Å²) < 4.78 is 1.84. The van der Waals surface area contributed by atoms with Crippen molar-refractivity contribution in [3.05, 3.63) is 35.7 Å². The van der Waals surface area contributed by atoms with E-state index in [2.05, 4.69) is 27.3 Å². The van der Waals surface area contributed by atoms with Crippen molar-refractivity contribution in [3.8, 4) is 5.69 Å². The van der Waals surface area contributed by atoms with Gasteiger partial charge in [0, 0.05) is 12.7 Å². The molecule has 0 aliphatic heterocycles. The zero-order chi connectivity index (χ0) is 12.3. The average Bonchev–Trinajstić information content (AvgIpc) is 2.66. The Morgan fingerprint density at radius 1 is 1.35 bits per heavy atom. The van der Waals surface area contributed by atoms with Gasteiger partial charge >= 0.3 is 0 Å². The molecule has 17 heavy (non-hydrogen) atoms. The van der Waals surface area contributed by atoms with Gasteiger partial charge in [0.1, 0.15) is 11.6 Å². The summed E-state index contributed by atoms with van der Waals surface area (Å²) in [5.41, 5.74) is 2.02. The number of aryl methyl sites for hydroxylation is 2. The molecule has 0 bridgehead atoms. The van der Waals surface area contributed by atoms with Crippen LogP contribution >= 0.6 is 0 Å². The predicted molar refractivity (Wildman–Crippen MR) is 66.0 cm³/mol. The second kappa shape index (κ2) is 5.05. The van der Waals surface area contributed by atoms with E-state index < -0.39 is 0 Å². The highest BCUT2D eigenvalue weighted by Gasteiger charge is 2.05. The molecule has 0 aliphatic rings. The van der Waals surface area contributed by atoms with E-state index in [1.54, 1.807) is 6.20 Å². The molecule has 0 radical (unpaired) electrons. The SMILES string of the molecule is CCNCc1cc(-n2nc(C)nc2C)ccn1. The van der Waals surface area contributed by atoms with Crippen molar-refractivity contribution in [1.29, 1.82) is 0 Å². The zero-order valence-electron chi connectivity index (χ0n) is 10.4. The van der Waals surface area contributed by atoms with Crippen LogP contribution in [0.5, 0.6) is 0 Å². The number of rotatable bonds is 4. The van der Waals surface area contributed by atoms with E-state index in [0.717, 1.165) is 36.1 Å². The molecule has 2 aromatic heterocycles.